The van der Waals surface area contributed by atoms with E-state index in [0.717, 1.165) is 28.5 Å². The van der Waals surface area contributed by atoms with E-state index in [2.05, 4.69) is 24.2 Å². The van der Waals surface area contributed by atoms with Crippen LogP contribution in [0, 0.1) is 6.92 Å². The number of rotatable bonds is 2. The smallest absolute Gasteiger partial charge is 0.231 e. The third-order valence-electron chi connectivity index (χ3n) is 3.78. The van der Waals surface area contributed by atoms with Crippen molar-refractivity contribution < 1.29 is 9.47 Å². The molecule has 0 N–H and O–H groups in total. The summed E-state index contributed by atoms with van der Waals surface area (Å²) in [6.07, 6.45) is 0. The largest absolute Gasteiger partial charge is 0.454 e. The first-order chi connectivity index (χ1) is 10.7. The summed E-state index contributed by atoms with van der Waals surface area (Å²) in [5, 5.41) is 4.53. The van der Waals surface area contributed by atoms with Gasteiger partial charge in [0.05, 0.1) is 0 Å². The Morgan fingerprint density at radius 2 is 1.86 bits per heavy atom. The van der Waals surface area contributed by atoms with Gasteiger partial charge in [0.15, 0.2) is 23.1 Å². The number of ether oxygens (including phenoxy) is 2. The highest BCUT2D eigenvalue weighted by Gasteiger charge is 2.17. The van der Waals surface area contributed by atoms with E-state index in [1.165, 1.54) is 5.56 Å². The molecule has 0 saturated carbocycles. The molecule has 22 heavy (non-hydrogen) atoms. The minimum Gasteiger partial charge on any atom is -0.454 e. The highest BCUT2D eigenvalue weighted by molar-refractivity contribution is 5.66. The number of aryl methyl sites for hydroxylation is 2. The van der Waals surface area contributed by atoms with Crippen LogP contribution in [0.1, 0.15) is 5.56 Å². The second kappa shape index (κ2) is 4.87. The number of nitrogens with zero attached hydrogens (tertiary/aromatic N) is 3. The van der Waals surface area contributed by atoms with Gasteiger partial charge < -0.3 is 9.47 Å². The Kier molecular flexibility index (Phi) is 2.85. The molecule has 0 atom stereocenters. The molecule has 4 rings (SSSR count). The molecule has 0 fully saturated rings. The lowest BCUT2D eigenvalue weighted by Gasteiger charge is -2.03. The maximum Gasteiger partial charge on any atom is 0.231 e. The molecule has 5 heteroatoms. The summed E-state index contributed by atoms with van der Waals surface area (Å²) >= 11 is 0. The van der Waals surface area contributed by atoms with Crippen LogP contribution in [0.2, 0.25) is 0 Å². The first-order valence-electron chi connectivity index (χ1n) is 7.09. The van der Waals surface area contributed by atoms with Crippen molar-refractivity contribution in [1.82, 2.24) is 14.8 Å². The van der Waals surface area contributed by atoms with Gasteiger partial charge in [-0.3, -0.25) is 0 Å². The summed E-state index contributed by atoms with van der Waals surface area (Å²) in [6.45, 7) is 2.34. The molecule has 110 valence electrons. The average molecular weight is 293 g/mol. The molecule has 0 aliphatic carbocycles. The zero-order valence-corrected chi connectivity index (χ0v) is 12.4. The lowest BCUT2D eigenvalue weighted by Crippen LogP contribution is -1.95. The average Bonchev–Trinajstić information content (AvgIpc) is 3.13. The normalized spacial score (nSPS) is 12.6. The molecule has 0 saturated heterocycles. The van der Waals surface area contributed by atoms with Crippen molar-refractivity contribution in [2.45, 2.75) is 6.92 Å². The lowest BCUT2D eigenvalue weighted by molar-refractivity contribution is 0.174. The van der Waals surface area contributed by atoms with Crippen LogP contribution in [0.5, 0.6) is 11.5 Å². The Balaban J connectivity index is 1.79. The van der Waals surface area contributed by atoms with E-state index in [0.29, 0.717) is 5.82 Å². The minimum absolute atomic E-state index is 0.267. The third-order valence-corrected chi connectivity index (χ3v) is 3.78. The van der Waals surface area contributed by atoms with Crippen LogP contribution in [0.25, 0.3) is 22.8 Å². The number of hydrogen-bond donors (Lipinski definition) is 0. The maximum atomic E-state index is 5.42. The van der Waals surface area contributed by atoms with E-state index < -0.39 is 0 Å². The van der Waals surface area contributed by atoms with Gasteiger partial charge in [-0.1, -0.05) is 24.3 Å². The van der Waals surface area contributed by atoms with Gasteiger partial charge in [0.25, 0.3) is 0 Å². The van der Waals surface area contributed by atoms with Crippen LogP contribution in [0.15, 0.2) is 42.5 Å². The molecule has 3 aromatic rings. The first kappa shape index (κ1) is 12.9. The van der Waals surface area contributed by atoms with Crippen LogP contribution in [-0.4, -0.2) is 21.6 Å². The second-order valence-electron chi connectivity index (χ2n) is 5.27. The van der Waals surface area contributed by atoms with E-state index in [9.17, 15) is 0 Å². The summed E-state index contributed by atoms with van der Waals surface area (Å²) in [5.41, 5.74) is 3.18. The Bertz CT molecular complexity index is 855. The predicted octanol–water partition coefficient (Wildman–Crippen LogP) is 3.19. The van der Waals surface area contributed by atoms with E-state index in [1.807, 2.05) is 42.1 Å². The number of hydrogen-bond acceptors (Lipinski definition) is 4. The monoisotopic (exact) mass is 293 g/mol. The topological polar surface area (TPSA) is 49.2 Å². The summed E-state index contributed by atoms with van der Waals surface area (Å²) < 4.78 is 12.6. The van der Waals surface area contributed by atoms with Gasteiger partial charge in [-0.2, -0.15) is 5.10 Å². The predicted molar refractivity (Wildman–Crippen MR) is 82.7 cm³/mol. The van der Waals surface area contributed by atoms with Crippen LogP contribution in [0.4, 0.5) is 0 Å². The van der Waals surface area contributed by atoms with Crippen molar-refractivity contribution in [2.75, 3.05) is 6.79 Å². The first-order valence-corrected chi connectivity index (χ1v) is 7.09. The van der Waals surface area contributed by atoms with E-state index in [-0.39, 0.29) is 6.79 Å². The molecular formula is C17H15N3O2. The standard InChI is InChI=1S/C17H15N3O2/c1-11-5-3-4-6-13(11)17-18-16(19-20(17)2)12-7-8-14-15(9-12)22-10-21-14/h3-9H,10H2,1-2H3. The van der Waals surface area contributed by atoms with Gasteiger partial charge in [0.2, 0.25) is 6.79 Å². The van der Waals surface area contributed by atoms with Gasteiger partial charge in [0.1, 0.15) is 0 Å². The van der Waals surface area contributed by atoms with Crippen molar-refractivity contribution in [3.05, 3.63) is 48.0 Å². The van der Waals surface area contributed by atoms with E-state index in [1.54, 1.807) is 0 Å². The number of aromatic nitrogens is 3. The quantitative estimate of drug-likeness (QED) is 0.728. The fourth-order valence-electron chi connectivity index (χ4n) is 2.60. The van der Waals surface area contributed by atoms with Crippen LogP contribution < -0.4 is 9.47 Å². The van der Waals surface area contributed by atoms with Crippen LogP contribution in [-0.2, 0) is 7.05 Å². The lowest BCUT2D eigenvalue weighted by atomic mass is 10.1. The zero-order valence-electron chi connectivity index (χ0n) is 12.4. The Labute approximate surface area is 128 Å². The van der Waals surface area contributed by atoms with Crippen LogP contribution >= 0.6 is 0 Å². The van der Waals surface area contributed by atoms with Crippen molar-refractivity contribution in [3.63, 3.8) is 0 Å². The van der Waals surface area contributed by atoms with Gasteiger partial charge in [-0.15, -0.1) is 0 Å². The summed E-state index contributed by atoms with van der Waals surface area (Å²) in [4.78, 5) is 4.69. The number of fused-ring (bicyclic) bond motifs is 1. The van der Waals surface area contributed by atoms with Crippen molar-refractivity contribution >= 4 is 0 Å². The molecule has 0 radical (unpaired) electrons. The molecule has 0 bridgehead atoms. The zero-order chi connectivity index (χ0) is 15.1. The van der Waals surface area contributed by atoms with Gasteiger partial charge in [-0.25, -0.2) is 9.67 Å². The fraction of sp³-hybridized carbons (Fsp3) is 0.176. The highest BCUT2D eigenvalue weighted by atomic mass is 16.7. The van der Waals surface area contributed by atoms with Gasteiger partial charge in [0, 0.05) is 18.2 Å². The summed E-state index contributed by atoms with van der Waals surface area (Å²) in [7, 11) is 1.91. The van der Waals surface area contributed by atoms with E-state index >= 15 is 0 Å². The SMILES string of the molecule is Cc1ccccc1-c1nc(-c2ccc3c(c2)OCO3)nn1C. The van der Waals surface area contributed by atoms with E-state index in [4.69, 9.17) is 14.5 Å². The van der Waals surface area contributed by atoms with Gasteiger partial charge in [-0.05, 0) is 30.7 Å². The maximum absolute atomic E-state index is 5.42. The summed E-state index contributed by atoms with van der Waals surface area (Å²) in [6, 6.07) is 13.9. The Morgan fingerprint density at radius 1 is 1.05 bits per heavy atom. The minimum atomic E-state index is 0.267. The third kappa shape index (κ3) is 2.02. The molecule has 5 nitrogen and oxygen atoms in total. The van der Waals surface area contributed by atoms with Crippen molar-refractivity contribution in [2.24, 2.45) is 7.05 Å². The molecule has 0 unspecified atom stereocenters. The molecular weight excluding hydrogens is 278 g/mol. The van der Waals surface area contributed by atoms with Crippen molar-refractivity contribution in [3.8, 4) is 34.3 Å². The molecule has 1 aromatic heterocycles. The molecule has 0 amide bonds. The molecule has 1 aliphatic rings. The summed E-state index contributed by atoms with van der Waals surface area (Å²) in [5.74, 6) is 3.03. The Hall–Kier alpha value is -2.82. The Morgan fingerprint density at radius 3 is 2.73 bits per heavy atom. The second-order valence-corrected chi connectivity index (χ2v) is 5.27. The van der Waals surface area contributed by atoms with Crippen LogP contribution in [0.3, 0.4) is 0 Å². The molecule has 1 aliphatic heterocycles. The van der Waals surface area contributed by atoms with Crippen molar-refractivity contribution in [1.29, 1.82) is 0 Å². The fourth-order valence-corrected chi connectivity index (χ4v) is 2.60. The number of benzene rings is 2. The molecule has 0 spiro atoms. The highest BCUT2D eigenvalue weighted by Crippen LogP contribution is 2.35. The molecule has 2 heterocycles. The molecule has 2 aromatic carbocycles. The van der Waals surface area contributed by atoms with Gasteiger partial charge >= 0.3 is 0 Å².